The van der Waals surface area contributed by atoms with Gasteiger partial charge in [-0.15, -0.1) is 0 Å². The van der Waals surface area contributed by atoms with E-state index in [2.05, 4.69) is 67.5 Å². The fourth-order valence-electron chi connectivity index (χ4n) is 9.34. The summed E-state index contributed by atoms with van der Waals surface area (Å²) >= 11 is 3.64. The third-order valence-corrected chi connectivity index (χ3v) is 15.0. The first-order valence-electron chi connectivity index (χ1n) is 23.1. The van der Waals surface area contributed by atoms with Gasteiger partial charge in [-0.2, -0.15) is 10.2 Å². The zero-order valence-corrected chi connectivity index (χ0v) is 40.1. The Morgan fingerprint density at radius 1 is 0.591 bits per heavy atom. The number of benzene rings is 2. The van der Waals surface area contributed by atoms with Gasteiger partial charge in [-0.1, -0.05) is 16.4 Å². The van der Waals surface area contributed by atoms with E-state index in [9.17, 15) is 9.59 Å². The second-order valence-electron chi connectivity index (χ2n) is 19.9. The molecular weight excluding hydrogens is 903 g/mol. The summed E-state index contributed by atoms with van der Waals surface area (Å²) < 4.78 is 24.4. The van der Waals surface area contributed by atoms with E-state index in [1.807, 2.05) is 73.6 Å². The van der Waals surface area contributed by atoms with Crippen molar-refractivity contribution in [2.45, 2.75) is 142 Å². The van der Waals surface area contributed by atoms with Crippen LogP contribution in [0.25, 0.3) is 55.4 Å². The molecule has 5 fully saturated rings. The number of H-pyrrole nitrogens is 6. The predicted octanol–water partition coefficient (Wildman–Crippen LogP) is 9.63. The molecule has 2 aromatic carbocycles. The molecule has 4 saturated carbocycles. The van der Waals surface area contributed by atoms with Crippen molar-refractivity contribution in [2.75, 3.05) is 0 Å². The van der Waals surface area contributed by atoms with E-state index in [0.29, 0.717) is 22.9 Å². The van der Waals surface area contributed by atoms with E-state index in [0.717, 1.165) is 84.8 Å². The van der Waals surface area contributed by atoms with Crippen LogP contribution in [0.5, 0.6) is 0 Å². The molecule has 7 heterocycles. The predicted molar refractivity (Wildman–Crippen MR) is 255 cm³/mol. The minimum atomic E-state index is -0.589. The van der Waals surface area contributed by atoms with Gasteiger partial charge in [0.2, 0.25) is 0 Å². The summed E-state index contributed by atoms with van der Waals surface area (Å²) in [6, 6.07) is 8.04. The highest BCUT2D eigenvalue weighted by atomic mass is 79.9. The maximum absolute atomic E-state index is 12.1. The van der Waals surface area contributed by atoms with Crippen molar-refractivity contribution in [2.24, 2.45) is 0 Å². The quantitative estimate of drug-likeness (QED) is 0.0791. The first-order valence-corrected chi connectivity index (χ1v) is 23.9. The number of aromatic nitrogens is 10. The highest BCUT2D eigenvalue weighted by Crippen LogP contribution is 2.52. The molecule has 342 valence electrons. The average molecular weight is 958 g/mol. The van der Waals surface area contributed by atoms with Gasteiger partial charge in [0, 0.05) is 57.1 Å². The normalized spacial score (nSPS) is 18.8. The summed E-state index contributed by atoms with van der Waals surface area (Å²) in [5.41, 5.74) is 15.0. The lowest BCUT2D eigenvalue weighted by Crippen LogP contribution is -2.41. The van der Waals surface area contributed by atoms with Gasteiger partial charge in [0.15, 0.2) is 0 Å². The number of fused-ring (bicyclic) bond motifs is 2. The molecule has 13 rings (SSSR count). The van der Waals surface area contributed by atoms with Crippen molar-refractivity contribution >= 4 is 50.6 Å². The monoisotopic (exact) mass is 956 g/mol. The first kappa shape index (κ1) is 42.9. The van der Waals surface area contributed by atoms with Crippen LogP contribution < -0.4 is 16.8 Å². The SMILES string of the molecule is Brc1c(C2CC2)n[nH]c1C1CC1.Cc1noc(C)c1-c1cc(-c2c(C3CC3)n[nH]c2C2CC2)c2[nH]c(=O)[nH]c2c1.Cc1noc(C)c1-c1cc(B2OC(C)(C)C(C)(C)O2)c2[nH]c(=O)[nH]c2c1. The van der Waals surface area contributed by atoms with Crippen LogP contribution in [0.1, 0.15) is 148 Å². The Balaban J connectivity index is 0.000000117. The number of hydrogen-bond donors (Lipinski definition) is 6. The molecule has 66 heavy (non-hydrogen) atoms. The summed E-state index contributed by atoms with van der Waals surface area (Å²) in [6.45, 7) is 15.6. The molecule has 6 aromatic heterocycles. The first-order chi connectivity index (χ1) is 31.5. The lowest BCUT2D eigenvalue weighted by atomic mass is 9.76. The minimum absolute atomic E-state index is 0.198. The van der Waals surface area contributed by atoms with Crippen molar-refractivity contribution in [3.8, 4) is 33.4 Å². The Morgan fingerprint density at radius 3 is 1.59 bits per heavy atom. The summed E-state index contributed by atoms with van der Waals surface area (Å²) in [4.78, 5) is 35.7. The highest BCUT2D eigenvalue weighted by molar-refractivity contribution is 9.10. The smallest absolute Gasteiger partial charge is 0.399 e. The van der Waals surface area contributed by atoms with Crippen LogP contribution in [0.4, 0.5) is 0 Å². The Morgan fingerprint density at radius 2 is 1.06 bits per heavy atom. The molecule has 8 aromatic rings. The topological polar surface area (TPSA) is 225 Å². The highest BCUT2D eigenvalue weighted by Gasteiger charge is 2.52. The average Bonchev–Trinajstić information content (AvgIpc) is 4.17. The minimum Gasteiger partial charge on any atom is -0.399 e. The number of hydrogen-bond acceptors (Lipinski definition) is 10. The fraction of sp³-hybridized carbons (Fsp3) is 0.458. The summed E-state index contributed by atoms with van der Waals surface area (Å²) in [5.74, 6) is 4.08. The van der Waals surface area contributed by atoms with Gasteiger partial charge in [0.25, 0.3) is 0 Å². The number of aromatic amines is 6. The van der Waals surface area contributed by atoms with Gasteiger partial charge >= 0.3 is 18.5 Å². The van der Waals surface area contributed by atoms with Crippen molar-refractivity contribution in [3.63, 3.8) is 0 Å². The van der Waals surface area contributed by atoms with Gasteiger partial charge in [0.05, 0.1) is 66.2 Å². The number of imidazole rings is 2. The van der Waals surface area contributed by atoms with Crippen LogP contribution in [0.3, 0.4) is 0 Å². The zero-order valence-electron chi connectivity index (χ0n) is 38.5. The molecule has 5 aliphatic rings. The second-order valence-corrected chi connectivity index (χ2v) is 20.7. The number of rotatable bonds is 8. The molecule has 0 spiro atoms. The van der Waals surface area contributed by atoms with Crippen molar-refractivity contribution < 1.29 is 18.4 Å². The van der Waals surface area contributed by atoms with Crippen molar-refractivity contribution in [1.82, 2.24) is 50.6 Å². The Hall–Kier alpha value is -5.72. The van der Waals surface area contributed by atoms with E-state index >= 15 is 0 Å². The zero-order chi connectivity index (χ0) is 46.0. The van der Waals surface area contributed by atoms with E-state index in [1.54, 1.807) is 0 Å². The lowest BCUT2D eigenvalue weighted by Gasteiger charge is -2.32. The molecule has 0 amide bonds. The van der Waals surface area contributed by atoms with Gasteiger partial charge < -0.3 is 38.3 Å². The molecule has 0 atom stereocenters. The van der Waals surface area contributed by atoms with Gasteiger partial charge in [0.1, 0.15) is 11.5 Å². The third kappa shape index (κ3) is 7.73. The number of aryl methyl sites for hydroxylation is 4. The molecule has 6 N–H and O–H groups in total. The molecule has 16 nitrogen and oxygen atoms in total. The van der Waals surface area contributed by atoms with Crippen LogP contribution in [0.2, 0.25) is 0 Å². The lowest BCUT2D eigenvalue weighted by molar-refractivity contribution is 0.00578. The maximum Gasteiger partial charge on any atom is 0.497 e. The van der Waals surface area contributed by atoms with Crippen LogP contribution in [0, 0.1) is 27.7 Å². The van der Waals surface area contributed by atoms with E-state index in [-0.39, 0.29) is 11.4 Å². The summed E-state index contributed by atoms with van der Waals surface area (Å²) in [7, 11) is -0.589. The van der Waals surface area contributed by atoms with Crippen molar-refractivity contribution in [1.29, 1.82) is 0 Å². The number of halogens is 1. The third-order valence-electron chi connectivity index (χ3n) is 14.2. The molecule has 18 heteroatoms. The summed E-state index contributed by atoms with van der Waals surface area (Å²) in [5, 5.41) is 23.7. The molecule has 0 radical (unpaired) electrons. The van der Waals surface area contributed by atoms with Gasteiger partial charge in [-0.25, -0.2) is 9.59 Å². The fourth-order valence-corrected chi connectivity index (χ4v) is 10.2. The van der Waals surface area contributed by atoms with E-state index in [4.69, 9.17) is 23.5 Å². The Labute approximate surface area is 388 Å². The van der Waals surface area contributed by atoms with Gasteiger partial charge in [-0.05, 0) is 152 Å². The molecule has 1 aliphatic heterocycles. The van der Waals surface area contributed by atoms with Crippen LogP contribution in [-0.2, 0) is 9.31 Å². The van der Waals surface area contributed by atoms with Gasteiger partial charge in [-0.3, -0.25) is 10.2 Å². The molecule has 1 saturated heterocycles. The second kappa shape index (κ2) is 15.7. The number of nitrogens with one attached hydrogen (secondary N) is 6. The van der Waals surface area contributed by atoms with Crippen LogP contribution >= 0.6 is 15.9 Å². The van der Waals surface area contributed by atoms with E-state index < -0.39 is 18.3 Å². The molecule has 0 bridgehead atoms. The molecule has 0 unspecified atom stereocenters. The number of nitrogens with zero attached hydrogens (tertiary/aromatic N) is 4. The molecule has 4 aliphatic carbocycles. The van der Waals surface area contributed by atoms with E-state index in [1.165, 1.54) is 78.5 Å². The van der Waals surface area contributed by atoms with Crippen LogP contribution in [0.15, 0.2) is 47.4 Å². The largest absolute Gasteiger partial charge is 0.497 e. The Bertz CT molecular complexity index is 3170. The summed E-state index contributed by atoms with van der Waals surface area (Å²) in [6.07, 6.45) is 10.1. The maximum atomic E-state index is 12.1. The Kier molecular flexibility index (Phi) is 10.2. The standard InChI is InChI=1S/C21H21N5O2.C18H22BN3O4.C9H11BrN2/c1-9-16(10(2)28-26-9)13-7-14(20-15(8-13)22-21(27)23-20)17-18(11-3-4-11)24-25-19(17)12-5-6-12;1-9-14(10(2)24-22-9)11-7-12(15-13(8-11)20-16(23)21-15)19-25-17(3,4)18(5,6)26-19;10-7-8(5-1-2-5)11-12-9(7)6-3-4-6/h7-8,11-12H,3-6H2,1-2H3,(H,24,25)(H2,22,23,27);7-8H,1-6H3,(H2,20,21,23);5-6H,1-4H2,(H,11,12). The van der Waals surface area contributed by atoms with Crippen LogP contribution in [-0.4, -0.2) is 69.0 Å². The van der Waals surface area contributed by atoms with Crippen molar-refractivity contribution in [3.05, 3.63) is 95.4 Å². The molecular formula is C48H54BBrN10O6.